The molecule has 2 amide bonds. The van der Waals surface area contributed by atoms with Gasteiger partial charge in [0.15, 0.2) is 0 Å². The van der Waals surface area contributed by atoms with Gasteiger partial charge >= 0.3 is 0 Å². The summed E-state index contributed by atoms with van der Waals surface area (Å²) in [6.45, 7) is 3.65. The first kappa shape index (κ1) is 22.7. The minimum Gasteiger partial charge on any atom is -0.377 e. The molecule has 0 aliphatic carbocycles. The van der Waals surface area contributed by atoms with Crippen molar-refractivity contribution in [2.75, 3.05) is 17.7 Å². The molecule has 170 valence electrons. The van der Waals surface area contributed by atoms with Gasteiger partial charge in [-0.3, -0.25) is 24.3 Å². The first-order valence-corrected chi connectivity index (χ1v) is 11.5. The molecule has 0 radical (unpaired) electrons. The molecule has 12 heteroatoms. The maximum atomic E-state index is 13.1. The molecular weight excluding hydrogens is 464 g/mol. The molecule has 1 aromatic carbocycles. The molecule has 0 saturated carbocycles. The zero-order chi connectivity index (χ0) is 23.5. The SMILES string of the molecule is COCc1nnc(NC(=O)Cn2cnc3sc(C(=O)Nc4ccccc4C)c(C)c3c2=O)s1. The van der Waals surface area contributed by atoms with Crippen molar-refractivity contribution in [2.45, 2.75) is 27.0 Å². The van der Waals surface area contributed by atoms with Crippen LogP contribution in [-0.2, 0) is 22.7 Å². The van der Waals surface area contributed by atoms with Crippen LogP contribution in [0.2, 0.25) is 0 Å². The largest absolute Gasteiger partial charge is 0.377 e. The van der Waals surface area contributed by atoms with Gasteiger partial charge in [0.05, 0.1) is 16.6 Å². The Morgan fingerprint density at radius 1 is 1.12 bits per heavy atom. The third-order valence-corrected chi connectivity index (χ3v) is 6.82. The van der Waals surface area contributed by atoms with E-state index in [1.807, 2.05) is 31.2 Å². The summed E-state index contributed by atoms with van der Waals surface area (Å²) >= 11 is 2.33. The monoisotopic (exact) mass is 484 g/mol. The van der Waals surface area contributed by atoms with Gasteiger partial charge in [0.1, 0.15) is 23.0 Å². The van der Waals surface area contributed by atoms with E-state index in [2.05, 4.69) is 25.8 Å². The van der Waals surface area contributed by atoms with E-state index in [0.717, 1.165) is 16.9 Å². The van der Waals surface area contributed by atoms with E-state index in [1.54, 1.807) is 14.0 Å². The molecule has 0 aliphatic heterocycles. The number of nitrogens with one attached hydrogen (secondary N) is 2. The molecule has 4 aromatic rings. The summed E-state index contributed by atoms with van der Waals surface area (Å²) in [6, 6.07) is 7.45. The van der Waals surface area contributed by atoms with Crippen LogP contribution in [-0.4, -0.2) is 38.7 Å². The van der Waals surface area contributed by atoms with E-state index in [9.17, 15) is 14.4 Å². The number of fused-ring (bicyclic) bond motifs is 1. The Bertz CT molecular complexity index is 1410. The van der Waals surface area contributed by atoms with Gasteiger partial charge in [-0.05, 0) is 31.0 Å². The van der Waals surface area contributed by atoms with Crippen molar-refractivity contribution in [3.63, 3.8) is 0 Å². The minimum absolute atomic E-state index is 0.249. The van der Waals surface area contributed by atoms with E-state index >= 15 is 0 Å². The van der Waals surface area contributed by atoms with Crippen LogP contribution >= 0.6 is 22.7 Å². The number of ether oxygens (including phenoxy) is 1. The predicted octanol–water partition coefficient (Wildman–Crippen LogP) is 2.96. The van der Waals surface area contributed by atoms with E-state index < -0.39 is 11.5 Å². The topological polar surface area (TPSA) is 128 Å². The summed E-state index contributed by atoms with van der Waals surface area (Å²) in [5.41, 5.74) is 1.77. The Balaban J connectivity index is 1.55. The fraction of sp³-hybridized carbons (Fsp3) is 0.238. The summed E-state index contributed by atoms with van der Waals surface area (Å²) < 4.78 is 6.19. The zero-order valence-corrected chi connectivity index (χ0v) is 19.7. The molecule has 10 nitrogen and oxygen atoms in total. The normalized spacial score (nSPS) is 11.0. The molecular formula is C21H20N6O4S2. The predicted molar refractivity (Wildman–Crippen MR) is 127 cm³/mol. The average molecular weight is 485 g/mol. The summed E-state index contributed by atoms with van der Waals surface area (Å²) in [5, 5.41) is 14.5. The van der Waals surface area contributed by atoms with Crippen molar-refractivity contribution < 1.29 is 14.3 Å². The number of thiophene rings is 1. The van der Waals surface area contributed by atoms with Crippen LogP contribution < -0.4 is 16.2 Å². The molecule has 3 heterocycles. The smallest absolute Gasteiger partial charge is 0.266 e. The molecule has 0 spiro atoms. The van der Waals surface area contributed by atoms with Crippen molar-refractivity contribution >= 4 is 55.5 Å². The van der Waals surface area contributed by atoms with Crippen LogP contribution in [0.3, 0.4) is 0 Å². The summed E-state index contributed by atoms with van der Waals surface area (Å²) in [5.74, 6) is -0.750. The Hall–Kier alpha value is -3.48. The van der Waals surface area contributed by atoms with Crippen molar-refractivity contribution in [3.8, 4) is 0 Å². The molecule has 4 rings (SSSR count). The molecule has 0 saturated heterocycles. The number of aromatic nitrogens is 4. The summed E-state index contributed by atoms with van der Waals surface area (Å²) in [6.07, 6.45) is 1.31. The molecule has 0 aliphatic rings. The van der Waals surface area contributed by atoms with Gasteiger partial charge in [-0.25, -0.2) is 4.98 Å². The number of hydrogen-bond acceptors (Lipinski definition) is 9. The van der Waals surface area contributed by atoms with Gasteiger partial charge in [-0.2, -0.15) is 0 Å². The number of anilines is 2. The van der Waals surface area contributed by atoms with Gasteiger partial charge in [0.2, 0.25) is 11.0 Å². The Morgan fingerprint density at radius 2 is 1.91 bits per heavy atom. The second-order valence-corrected chi connectivity index (χ2v) is 9.23. The zero-order valence-electron chi connectivity index (χ0n) is 18.0. The standard InChI is InChI=1S/C21H20N6O4S2/c1-11-6-4-5-7-13(11)23-18(29)17-12(2)16-19(33-17)22-10-27(20(16)30)8-14(28)24-21-26-25-15(32-21)9-31-3/h4-7,10H,8-9H2,1-3H3,(H,23,29)(H,24,26,28). The summed E-state index contributed by atoms with van der Waals surface area (Å²) in [4.78, 5) is 43.5. The highest BCUT2D eigenvalue weighted by molar-refractivity contribution is 7.20. The van der Waals surface area contributed by atoms with Crippen LogP contribution in [0, 0.1) is 13.8 Å². The molecule has 0 bridgehead atoms. The fourth-order valence-electron chi connectivity index (χ4n) is 3.18. The van der Waals surface area contributed by atoms with Crippen molar-refractivity contribution in [1.29, 1.82) is 0 Å². The maximum Gasteiger partial charge on any atom is 0.266 e. The van der Waals surface area contributed by atoms with Gasteiger partial charge in [-0.15, -0.1) is 21.5 Å². The molecule has 33 heavy (non-hydrogen) atoms. The van der Waals surface area contributed by atoms with E-state index in [1.165, 1.54) is 22.2 Å². The third kappa shape index (κ3) is 4.82. The van der Waals surface area contributed by atoms with Gasteiger partial charge in [0, 0.05) is 12.8 Å². The number of para-hydroxylation sites is 1. The highest BCUT2D eigenvalue weighted by Gasteiger charge is 2.21. The van der Waals surface area contributed by atoms with Crippen molar-refractivity contribution in [1.82, 2.24) is 19.7 Å². The van der Waals surface area contributed by atoms with Crippen LogP contribution in [0.5, 0.6) is 0 Å². The molecule has 0 unspecified atom stereocenters. The Labute approximate surface area is 196 Å². The van der Waals surface area contributed by atoms with E-state index in [-0.39, 0.29) is 12.5 Å². The lowest BCUT2D eigenvalue weighted by Crippen LogP contribution is -2.27. The first-order valence-electron chi connectivity index (χ1n) is 9.84. The van der Waals surface area contributed by atoms with Crippen LogP contribution in [0.25, 0.3) is 10.2 Å². The molecule has 3 aromatic heterocycles. The average Bonchev–Trinajstić information content (AvgIpc) is 3.36. The Kier molecular flexibility index (Phi) is 6.58. The number of hydrogen-bond donors (Lipinski definition) is 2. The molecule has 2 N–H and O–H groups in total. The quantitative estimate of drug-likeness (QED) is 0.413. The number of rotatable bonds is 7. The van der Waals surface area contributed by atoms with Crippen LogP contribution in [0.4, 0.5) is 10.8 Å². The van der Waals surface area contributed by atoms with Gasteiger partial charge < -0.3 is 10.1 Å². The van der Waals surface area contributed by atoms with Crippen molar-refractivity contribution in [2.24, 2.45) is 0 Å². The number of benzene rings is 1. The third-order valence-electron chi connectivity index (χ3n) is 4.81. The van der Waals surface area contributed by atoms with Gasteiger partial charge in [0.25, 0.3) is 11.5 Å². The number of aryl methyl sites for hydroxylation is 2. The highest BCUT2D eigenvalue weighted by Crippen LogP contribution is 2.28. The first-order chi connectivity index (χ1) is 15.9. The lowest BCUT2D eigenvalue weighted by Gasteiger charge is -2.07. The minimum atomic E-state index is -0.441. The molecule has 0 atom stereocenters. The lowest BCUT2D eigenvalue weighted by atomic mass is 10.2. The fourth-order valence-corrected chi connectivity index (χ4v) is 4.94. The van der Waals surface area contributed by atoms with Crippen molar-refractivity contribution in [3.05, 3.63) is 62.0 Å². The van der Waals surface area contributed by atoms with Crippen LogP contribution in [0.1, 0.15) is 25.8 Å². The molecule has 0 fully saturated rings. The number of carbonyl (C=O) groups is 2. The Morgan fingerprint density at radius 3 is 2.67 bits per heavy atom. The number of methoxy groups -OCH3 is 1. The number of amides is 2. The second kappa shape index (κ2) is 9.57. The lowest BCUT2D eigenvalue weighted by molar-refractivity contribution is -0.116. The summed E-state index contributed by atoms with van der Waals surface area (Å²) in [7, 11) is 1.54. The van der Waals surface area contributed by atoms with E-state index in [0.29, 0.717) is 43.1 Å². The highest BCUT2D eigenvalue weighted by atomic mass is 32.1. The van der Waals surface area contributed by atoms with Crippen LogP contribution in [0.15, 0.2) is 35.4 Å². The number of carbonyl (C=O) groups excluding carboxylic acids is 2. The number of nitrogens with zero attached hydrogens (tertiary/aromatic N) is 4. The van der Waals surface area contributed by atoms with E-state index in [4.69, 9.17) is 4.74 Å². The second-order valence-electron chi connectivity index (χ2n) is 7.17. The van der Waals surface area contributed by atoms with Gasteiger partial charge in [-0.1, -0.05) is 29.5 Å². The maximum absolute atomic E-state index is 13.1.